The second kappa shape index (κ2) is 18.4. The van der Waals surface area contributed by atoms with Crippen molar-refractivity contribution in [2.24, 2.45) is 0 Å². The molecule has 1 aliphatic rings. The van der Waals surface area contributed by atoms with Crippen LogP contribution in [-0.4, -0.2) is 10.2 Å². The van der Waals surface area contributed by atoms with Crippen LogP contribution in [0.3, 0.4) is 0 Å². The Hall–Kier alpha value is 0.0770. The Kier molecular flexibility index (Phi) is 28.0. The van der Waals surface area contributed by atoms with Crippen LogP contribution in [0.5, 0.6) is 0 Å². The first-order chi connectivity index (χ1) is 6.43. The largest absolute Gasteiger partial charge is 0.358 e. The fourth-order valence-electron chi connectivity index (χ4n) is 0.985. The molecule has 0 N–H and O–H groups in total. The van der Waals surface area contributed by atoms with Crippen molar-refractivity contribution in [2.75, 3.05) is 0 Å². The van der Waals surface area contributed by atoms with Crippen LogP contribution in [0.25, 0.3) is 0 Å². The minimum absolute atomic E-state index is 0. The van der Waals surface area contributed by atoms with Crippen LogP contribution in [0, 0.1) is 20.9 Å². The zero-order chi connectivity index (χ0) is 9.36. The van der Waals surface area contributed by atoms with E-state index in [4.69, 9.17) is 0 Å². The van der Waals surface area contributed by atoms with Crippen LogP contribution >= 0.6 is 12.4 Å². The molecule has 1 aliphatic carbocycles. The van der Waals surface area contributed by atoms with E-state index < -0.39 is 0 Å². The summed E-state index contributed by atoms with van der Waals surface area (Å²) in [6, 6.07) is 11.6. The number of allylic oxidation sites excluding steroid dienone is 4. The van der Waals surface area contributed by atoms with E-state index in [1.807, 2.05) is 28.5 Å². The minimum Gasteiger partial charge on any atom is -0.358 e. The number of hydrogen-bond acceptors (Lipinski definition) is 0. The van der Waals surface area contributed by atoms with Gasteiger partial charge in [0.2, 0.25) is 0 Å². The van der Waals surface area contributed by atoms with Crippen LogP contribution < -0.4 is 0 Å². The molecule has 17 heavy (non-hydrogen) atoms. The average molecular weight is 431 g/mol. The zero-order valence-electron chi connectivity index (χ0n) is 10.6. The van der Waals surface area contributed by atoms with Gasteiger partial charge in [0.1, 0.15) is 0 Å². The normalized spacial score (nSPS) is 9.47. The molecule has 1 radical (unpaired) electrons. The van der Waals surface area contributed by atoms with Crippen molar-refractivity contribution in [3.05, 3.63) is 75.1 Å². The predicted molar refractivity (Wildman–Crippen MR) is 80.3 cm³/mol. The van der Waals surface area contributed by atoms with Gasteiger partial charge in [0.25, 0.3) is 0 Å². The third-order valence-electron chi connectivity index (χ3n) is 1.72. The molecule has 2 rings (SSSR count). The SMILES string of the molecule is Cl.[C-]1=CC=CC1.[CH3-].[CH3-].[Hf].[SiH2]Cc1ccccc1. The van der Waals surface area contributed by atoms with E-state index in [-0.39, 0.29) is 53.1 Å². The maximum Gasteiger partial charge on any atom is 0.0138 e. The van der Waals surface area contributed by atoms with Gasteiger partial charge in [-0.25, -0.2) is 12.2 Å². The molecule has 0 heterocycles. The van der Waals surface area contributed by atoms with Gasteiger partial charge in [0.15, 0.2) is 0 Å². The fourth-order valence-corrected chi connectivity index (χ4v) is 1.32. The van der Waals surface area contributed by atoms with E-state index in [2.05, 4.69) is 36.4 Å². The van der Waals surface area contributed by atoms with Crippen molar-refractivity contribution in [3.63, 3.8) is 0 Å². The smallest absolute Gasteiger partial charge is 0.0138 e. The van der Waals surface area contributed by atoms with Gasteiger partial charge >= 0.3 is 0 Å². The Balaban J connectivity index is -0.0000000849. The molecule has 0 saturated heterocycles. The topological polar surface area (TPSA) is 0 Å². The Labute approximate surface area is 135 Å². The average Bonchev–Trinajstić information content (AvgIpc) is 2.77. The summed E-state index contributed by atoms with van der Waals surface area (Å²) >= 11 is 0. The van der Waals surface area contributed by atoms with E-state index in [0.717, 1.165) is 6.42 Å². The molecule has 0 saturated carbocycles. The van der Waals surface area contributed by atoms with Crippen LogP contribution in [0.2, 0.25) is 0 Å². The van der Waals surface area contributed by atoms with E-state index in [0.29, 0.717) is 0 Å². The second-order valence-electron chi connectivity index (χ2n) is 2.74. The third kappa shape index (κ3) is 14.0. The quantitative estimate of drug-likeness (QED) is 0.472. The van der Waals surface area contributed by atoms with Gasteiger partial charge in [0, 0.05) is 36.1 Å². The van der Waals surface area contributed by atoms with Crippen molar-refractivity contribution >= 4 is 22.6 Å². The van der Waals surface area contributed by atoms with Gasteiger partial charge < -0.3 is 14.9 Å². The molecule has 0 unspecified atom stereocenters. The second-order valence-corrected chi connectivity index (χ2v) is 3.24. The van der Waals surface area contributed by atoms with Gasteiger partial charge in [-0.05, 0) is 6.04 Å². The predicted octanol–water partition coefficient (Wildman–Crippen LogP) is 3.45. The maximum atomic E-state index is 2.99. The van der Waals surface area contributed by atoms with Gasteiger partial charge in [-0.1, -0.05) is 35.9 Å². The Morgan fingerprint density at radius 2 is 1.71 bits per heavy atom. The van der Waals surface area contributed by atoms with Gasteiger partial charge in [-0.3, -0.25) is 6.08 Å². The molecule has 1 aromatic rings. The van der Waals surface area contributed by atoms with Crippen LogP contribution in [0.4, 0.5) is 0 Å². The molecule has 0 spiro atoms. The van der Waals surface area contributed by atoms with Crippen LogP contribution in [0.1, 0.15) is 12.0 Å². The molecule has 1 aromatic carbocycles. The zero-order valence-corrected chi connectivity index (χ0v) is 16.5. The Bertz CT molecular complexity index is 274. The number of hydrogen-bond donors (Lipinski definition) is 0. The molecular weight excluding hydrogens is 410 g/mol. The van der Waals surface area contributed by atoms with Gasteiger partial charge in [-0.15, -0.1) is 18.8 Å². The molecule has 0 atom stereocenters. The number of rotatable bonds is 1. The van der Waals surface area contributed by atoms with Gasteiger partial charge in [-0.2, -0.15) is 6.08 Å². The van der Waals surface area contributed by atoms with Crippen LogP contribution in [-0.2, 0) is 31.9 Å². The molecule has 3 heteroatoms. The van der Waals surface area contributed by atoms with Crippen molar-refractivity contribution in [1.82, 2.24) is 0 Å². The molecule has 0 aromatic heterocycles. The molecule has 0 nitrogen and oxygen atoms in total. The Morgan fingerprint density at radius 1 is 1.12 bits per heavy atom. The van der Waals surface area contributed by atoms with Gasteiger partial charge in [0.05, 0.1) is 0 Å². The van der Waals surface area contributed by atoms with E-state index in [9.17, 15) is 0 Å². The molecule has 0 amide bonds. The monoisotopic (exact) mass is 432 g/mol. The van der Waals surface area contributed by atoms with Crippen molar-refractivity contribution < 1.29 is 25.8 Å². The summed E-state index contributed by atoms with van der Waals surface area (Å²) in [6.45, 7) is 0. The summed E-state index contributed by atoms with van der Waals surface area (Å²) in [6.07, 6.45) is 10.0. The minimum atomic E-state index is 0. The molecule has 0 aliphatic heterocycles. The van der Waals surface area contributed by atoms with Crippen molar-refractivity contribution in [2.45, 2.75) is 12.5 Å². The Morgan fingerprint density at radius 3 is 1.94 bits per heavy atom. The first-order valence-corrected chi connectivity index (χ1v) is 5.48. The van der Waals surface area contributed by atoms with Crippen LogP contribution in [0.15, 0.2) is 48.6 Å². The van der Waals surface area contributed by atoms with Crippen molar-refractivity contribution in [3.8, 4) is 0 Å². The number of benzene rings is 1. The number of halogens is 1. The molecule has 0 bridgehead atoms. The summed E-state index contributed by atoms with van der Waals surface area (Å²) in [7, 11) is 1.98. The molecule has 95 valence electrons. The summed E-state index contributed by atoms with van der Waals surface area (Å²) in [5.74, 6) is 0. The maximum absolute atomic E-state index is 2.99. The third-order valence-corrected chi connectivity index (χ3v) is 2.29. The van der Waals surface area contributed by atoms with E-state index in [1.165, 1.54) is 11.6 Å². The summed E-state index contributed by atoms with van der Waals surface area (Å²) in [4.78, 5) is 0. The van der Waals surface area contributed by atoms with E-state index >= 15 is 0 Å². The molecule has 0 fully saturated rings. The summed E-state index contributed by atoms with van der Waals surface area (Å²) in [5.41, 5.74) is 1.42. The first kappa shape index (κ1) is 25.8. The summed E-state index contributed by atoms with van der Waals surface area (Å²) < 4.78 is 0. The summed E-state index contributed by atoms with van der Waals surface area (Å²) in [5, 5.41) is 0. The standard InChI is InChI=1S/C7H9Si.C5H5.2CH3.ClH.Hf/c8-6-7-4-2-1-3-5-7;1-2-4-5-3-1;;;;/h1-5H,6,8H2;1-3H,4H2;2*1H3;1H;/q;3*-1;;. The fraction of sp³-hybridized carbons (Fsp3) is 0.143. The van der Waals surface area contributed by atoms with E-state index in [1.54, 1.807) is 0 Å². The van der Waals surface area contributed by atoms with Crippen molar-refractivity contribution in [1.29, 1.82) is 0 Å². The first-order valence-electron chi connectivity index (χ1n) is 4.48. The molecular formula is C14H21ClHfSi-3.